The third-order valence-electron chi connectivity index (χ3n) is 4.19. The zero-order chi connectivity index (χ0) is 20.3. The first kappa shape index (κ1) is 20.9. The number of anilines is 1. The van der Waals surface area contributed by atoms with E-state index in [0.717, 1.165) is 28.1 Å². The highest BCUT2D eigenvalue weighted by molar-refractivity contribution is 7.99. The number of thioether (sulfide) groups is 1. The molecule has 2 aromatic heterocycles. The maximum atomic E-state index is 12.9. The molecule has 1 N–H and O–H groups in total. The summed E-state index contributed by atoms with van der Waals surface area (Å²) in [5, 5.41) is 4.57. The monoisotopic (exact) mass is 435 g/mol. The number of fused-ring (bicyclic) bond motifs is 1. The summed E-state index contributed by atoms with van der Waals surface area (Å²) in [6.07, 6.45) is 1.69. The van der Waals surface area contributed by atoms with Gasteiger partial charge in [0.05, 0.1) is 21.8 Å². The zero-order valence-electron chi connectivity index (χ0n) is 16.0. The molecule has 0 bridgehead atoms. The number of nitrogens with zero attached hydrogens (tertiary/aromatic N) is 2. The Labute approximate surface area is 177 Å². The topological polar surface area (TPSA) is 64.0 Å². The van der Waals surface area contributed by atoms with Crippen LogP contribution in [0.25, 0.3) is 10.2 Å². The van der Waals surface area contributed by atoms with Crippen LogP contribution < -0.4 is 10.9 Å². The Bertz CT molecular complexity index is 1080. The number of carbonyl (C=O) groups excluding carboxylic acids is 1. The van der Waals surface area contributed by atoms with Crippen molar-refractivity contribution in [2.45, 2.75) is 45.3 Å². The average molecular weight is 436 g/mol. The van der Waals surface area contributed by atoms with Gasteiger partial charge in [0.15, 0.2) is 5.16 Å². The van der Waals surface area contributed by atoms with Crippen LogP contribution in [0.2, 0.25) is 5.02 Å². The molecular weight excluding hydrogens is 414 g/mol. The summed E-state index contributed by atoms with van der Waals surface area (Å²) in [5.41, 5.74) is 1.58. The van der Waals surface area contributed by atoms with Crippen LogP contribution in [0.5, 0.6) is 0 Å². The minimum absolute atomic E-state index is 0.0349. The second kappa shape index (κ2) is 9.11. The number of nitrogens with one attached hydrogen (secondary N) is 1. The fraction of sp³-hybridized carbons (Fsp3) is 0.350. The number of hydrogen-bond acceptors (Lipinski definition) is 5. The van der Waals surface area contributed by atoms with E-state index in [2.05, 4.69) is 17.2 Å². The van der Waals surface area contributed by atoms with E-state index in [1.807, 2.05) is 26.0 Å². The van der Waals surface area contributed by atoms with Gasteiger partial charge in [-0.05, 0) is 43.5 Å². The molecule has 0 radical (unpaired) electrons. The van der Waals surface area contributed by atoms with Crippen molar-refractivity contribution in [1.29, 1.82) is 0 Å². The first-order valence-electron chi connectivity index (χ1n) is 9.15. The van der Waals surface area contributed by atoms with Crippen molar-refractivity contribution in [3.05, 3.63) is 50.1 Å². The quantitative estimate of drug-likeness (QED) is 0.413. The fourth-order valence-corrected chi connectivity index (χ4v) is 4.91. The lowest BCUT2D eigenvalue weighted by molar-refractivity contribution is -0.113. The molecule has 2 heterocycles. The second-order valence-electron chi connectivity index (χ2n) is 6.46. The van der Waals surface area contributed by atoms with Crippen molar-refractivity contribution in [2.75, 3.05) is 11.1 Å². The van der Waals surface area contributed by atoms with Gasteiger partial charge in [-0.1, -0.05) is 43.3 Å². The summed E-state index contributed by atoms with van der Waals surface area (Å²) in [7, 11) is 0. The molecule has 0 spiro atoms. The molecule has 0 saturated carbocycles. The van der Waals surface area contributed by atoms with Gasteiger partial charge in [-0.25, -0.2) is 4.98 Å². The van der Waals surface area contributed by atoms with E-state index >= 15 is 0 Å². The van der Waals surface area contributed by atoms with Crippen molar-refractivity contribution in [2.24, 2.45) is 0 Å². The minimum Gasteiger partial charge on any atom is -0.324 e. The number of halogens is 1. The van der Waals surface area contributed by atoms with Gasteiger partial charge in [0.2, 0.25) is 5.91 Å². The number of benzene rings is 1. The lowest BCUT2D eigenvalue weighted by Gasteiger charge is -2.11. The van der Waals surface area contributed by atoms with Crippen LogP contribution in [0.15, 0.2) is 34.2 Å². The molecule has 0 aliphatic rings. The highest BCUT2D eigenvalue weighted by atomic mass is 35.5. The van der Waals surface area contributed by atoms with E-state index in [1.165, 1.54) is 23.1 Å². The first-order chi connectivity index (χ1) is 13.4. The number of amides is 1. The zero-order valence-corrected chi connectivity index (χ0v) is 18.4. The molecule has 0 aliphatic heterocycles. The Morgan fingerprint density at radius 1 is 1.32 bits per heavy atom. The Morgan fingerprint density at radius 2 is 2.11 bits per heavy atom. The summed E-state index contributed by atoms with van der Waals surface area (Å²) in [4.78, 5) is 31.8. The molecule has 3 aromatic rings. The molecule has 0 fully saturated rings. The van der Waals surface area contributed by atoms with E-state index in [1.54, 1.807) is 16.7 Å². The fourth-order valence-electron chi connectivity index (χ4n) is 2.79. The average Bonchev–Trinajstić information content (AvgIpc) is 3.08. The van der Waals surface area contributed by atoms with E-state index in [9.17, 15) is 9.59 Å². The summed E-state index contributed by atoms with van der Waals surface area (Å²) in [6.45, 7) is 6.59. The van der Waals surface area contributed by atoms with Crippen molar-refractivity contribution >= 4 is 56.5 Å². The van der Waals surface area contributed by atoms with E-state index < -0.39 is 0 Å². The number of rotatable bonds is 7. The molecule has 1 amide bonds. The van der Waals surface area contributed by atoms with Crippen LogP contribution in [-0.4, -0.2) is 21.2 Å². The maximum absolute atomic E-state index is 12.9. The van der Waals surface area contributed by atoms with Crippen molar-refractivity contribution in [3.63, 3.8) is 0 Å². The van der Waals surface area contributed by atoms with E-state index in [4.69, 9.17) is 11.6 Å². The molecule has 5 nitrogen and oxygen atoms in total. The van der Waals surface area contributed by atoms with E-state index in [-0.39, 0.29) is 17.2 Å². The molecule has 28 heavy (non-hydrogen) atoms. The number of carbonyl (C=O) groups is 1. The lowest BCUT2D eigenvalue weighted by Crippen LogP contribution is -2.23. The number of thiophene rings is 1. The van der Waals surface area contributed by atoms with Gasteiger partial charge in [-0.15, -0.1) is 11.3 Å². The van der Waals surface area contributed by atoms with Gasteiger partial charge >= 0.3 is 0 Å². The van der Waals surface area contributed by atoms with Crippen LogP contribution in [0, 0.1) is 6.92 Å². The molecule has 0 saturated heterocycles. The van der Waals surface area contributed by atoms with Crippen molar-refractivity contribution < 1.29 is 4.79 Å². The van der Waals surface area contributed by atoms with Crippen molar-refractivity contribution in [3.8, 4) is 0 Å². The summed E-state index contributed by atoms with van der Waals surface area (Å²) in [6, 6.07) is 7.42. The molecule has 3 rings (SSSR count). The van der Waals surface area contributed by atoms with Gasteiger partial charge in [-0.2, -0.15) is 0 Å². The first-order valence-corrected chi connectivity index (χ1v) is 11.3. The van der Waals surface area contributed by atoms with Crippen LogP contribution in [0.3, 0.4) is 0 Å². The largest absolute Gasteiger partial charge is 0.324 e. The molecule has 0 atom stereocenters. The molecule has 1 aromatic carbocycles. The number of aromatic nitrogens is 2. The molecular formula is C20H22ClN3O2S2. The number of aryl methyl sites for hydroxylation is 2. The molecule has 0 aliphatic carbocycles. The second-order valence-corrected chi connectivity index (χ2v) is 8.92. The Balaban J connectivity index is 1.81. The Morgan fingerprint density at radius 3 is 2.79 bits per heavy atom. The standard InChI is InChI=1S/C20H22ClN3O2S2/c1-4-8-24-19(26)14-10-13(5-2)28-18(14)23-20(24)27-11-17(25)22-16-7-6-12(3)9-15(16)21/h6-7,9-10H,4-5,8,11H2,1-3H3,(H,22,25). The summed E-state index contributed by atoms with van der Waals surface area (Å²) >= 11 is 8.99. The molecule has 8 heteroatoms. The van der Waals surface area contributed by atoms with E-state index in [0.29, 0.717) is 27.8 Å². The third kappa shape index (κ3) is 4.59. The highest BCUT2D eigenvalue weighted by Gasteiger charge is 2.15. The van der Waals surface area contributed by atoms with Crippen LogP contribution in [-0.2, 0) is 17.8 Å². The summed E-state index contributed by atoms with van der Waals surface area (Å²) in [5.74, 6) is -0.0358. The van der Waals surface area contributed by atoms with Gasteiger partial charge < -0.3 is 5.32 Å². The predicted molar refractivity (Wildman–Crippen MR) is 119 cm³/mol. The highest BCUT2D eigenvalue weighted by Crippen LogP contribution is 2.26. The normalized spacial score (nSPS) is 11.1. The van der Waals surface area contributed by atoms with Crippen LogP contribution in [0.1, 0.15) is 30.7 Å². The number of hydrogen-bond donors (Lipinski definition) is 1. The smallest absolute Gasteiger partial charge is 0.262 e. The van der Waals surface area contributed by atoms with Crippen LogP contribution in [0.4, 0.5) is 5.69 Å². The Kier molecular flexibility index (Phi) is 6.80. The third-order valence-corrected chi connectivity index (χ3v) is 6.66. The van der Waals surface area contributed by atoms with Crippen molar-refractivity contribution in [1.82, 2.24) is 9.55 Å². The van der Waals surface area contributed by atoms with Crippen LogP contribution >= 0.6 is 34.7 Å². The molecule has 148 valence electrons. The predicted octanol–water partition coefficient (Wildman–Crippen LogP) is 5.12. The lowest BCUT2D eigenvalue weighted by atomic mass is 10.2. The SMILES string of the molecule is CCCn1c(SCC(=O)Nc2ccc(C)cc2Cl)nc2sc(CC)cc2c1=O. The summed E-state index contributed by atoms with van der Waals surface area (Å²) < 4.78 is 1.67. The maximum Gasteiger partial charge on any atom is 0.262 e. The van der Waals surface area contributed by atoms with Gasteiger partial charge in [0, 0.05) is 11.4 Å². The van der Waals surface area contributed by atoms with Gasteiger partial charge in [0.1, 0.15) is 4.83 Å². The minimum atomic E-state index is -0.187. The van der Waals surface area contributed by atoms with Gasteiger partial charge in [0.25, 0.3) is 5.56 Å². The van der Waals surface area contributed by atoms with Gasteiger partial charge in [-0.3, -0.25) is 14.2 Å². The Hall–Kier alpha value is -1.83. The molecule has 0 unspecified atom stereocenters.